The van der Waals surface area contributed by atoms with Crippen molar-refractivity contribution in [2.45, 2.75) is 19.4 Å². The summed E-state index contributed by atoms with van der Waals surface area (Å²) in [6.45, 7) is 7.63. The van der Waals surface area contributed by atoms with Gasteiger partial charge < -0.3 is 25.8 Å². The zero-order valence-corrected chi connectivity index (χ0v) is 14.4. The Labute approximate surface area is 134 Å². The van der Waals surface area contributed by atoms with E-state index in [0.29, 0.717) is 5.92 Å². The molecule has 6 heteroatoms. The second kappa shape index (κ2) is 7.83. The maximum absolute atomic E-state index is 12.3. The summed E-state index contributed by atoms with van der Waals surface area (Å²) in [5.74, 6) is 0.945. The number of rotatable bonds is 7. The largest absolute Gasteiger partial charge is 0.393 e. The average molecular weight is 309 g/mol. The van der Waals surface area contributed by atoms with Gasteiger partial charge in [-0.1, -0.05) is 0 Å². The molecule has 1 aliphatic heterocycles. The zero-order chi connectivity index (χ0) is 16.1. The molecule has 1 heterocycles. The highest BCUT2D eigenvalue weighted by atomic mass is 16.2. The van der Waals surface area contributed by atoms with E-state index in [4.69, 9.17) is 0 Å². The number of nitrogens with zero attached hydrogens (tertiary/aromatic N) is 2. The minimum absolute atomic E-state index is 0.00911. The molecule has 6 nitrogen and oxygen atoms in total. The van der Waals surface area contributed by atoms with E-state index < -0.39 is 0 Å². The lowest BCUT2D eigenvalue weighted by Gasteiger charge is -2.32. The van der Waals surface area contributed by atoms with Crippen molar-refractivity contribution in [1.82, 2.24) is 25.8 Å². The molecule has 3 N–H and O–H groups in total. The molecule has 2 rings (SSSR count). The first-order chi connectivity index (χ1) is 10.5. The molecule has 0 radical (unpaired) electrons. The molecule has 2 fully saturated rings. The summed E-state index contributed by atoms with van der Waals surface area (Å²) in [5, 5.41) is 9.23. The molecule has 1 amide bonds. The van der Waals surface area contributed by atoms with E-state index in [1.165, 1.54) is 0 Å². The van der Waals surface area contributed by atoms with Crippen LogP contribution in [0.1, 0.15) is 13.3 Å². The summed E-state index contributed by atoms with van der Waals surface area (Å²) >= 11 is 0. The van der Waals surface area contributed by atoms with Crippen LogP contribution in [0.25, 0.3) is 0 Å². The van der Waals surface area contributed by atoms with Crippen LogP contribution in [0.3, 0.4) is 0 Å². The zero-order valence-electron chi connectivity index (χ0n) is 14.4. The maximum atomic E-state index is 12.3. The lowest BCUT2D eigenvalue weighted by atomic mass is 10.2. The fraction of sp³-hybridized carbons (Fsp3) is 0.812. The van der Waals surface area contributed by atoms with E-state index in [1.54, 1.807) is 0 Å². The fourth-order valence-corrected chi connectivity index (χ4v) is 3.10. The van der Waals surface area contributed by atoms with Crippen molar-refractivity contribution in [2.24, 2.45) is 11.8 Å². The van der Waals surface area contributed by atoms with Gasteiger partial charge >= 0.3 is 0 Å². The van der Waals surface area contributed by atoms with Crippen LogP contribution in [0.15, 0.2) is 11.9 Å². The highest BCUT2D eigenvalue weighted by molar-refractivity contribution is 5.82. The van der Waals surface area contributed by atoms with E-state index in [-0.39, 0.29) is 17.9 Å². The van der Waals surface area contributed by atoms with Crippen molar-refractivity contribution in [3.8, 4) is 0 Å². The van der Waals surface area contributed by atoms with Crippen LogP contribution in [-0.4, -0.2) is 75.6 Å². The van der Waals surface area contributed by atoms with Crippen molar-refractivity contribution < 1.29 is 4.79 Å². The van der Waals surface area contributed by atoms with Gasteiger partial charge in [-0.15, -0.1) is 0 Å². The van der Waals surface area contributed by atoms with Gasteiger partial charge in [0.25, 0.3) is 0 Å². The van der Waals surface area contributed by atoms with Crippen molar-refractivity contribution >= 4 is 5.91 Å². The minimum Gasteiger partial charge on any atom is -0.393 e. The first-order valence-corrected chi connectivity index (χ1v) is 8.31. The van der Waals surface area contributed by atoms with Crippen molar-refractivity contribution in [2.75, 3.05) is 53.9 Å². The van der Waals surface area contributed by atoms with Crippen LogP contribution >= 0.6 is 0 Å². The van der Waals surface area contributed by atoms with Crippen LogP contribution < -0.4 is 16.0 Å². The SMILES string of the molecule is CN/C=C(/NC)C(C)NC(=O)[C@H]1C[C@@H]1CN1CCN(C)CC1. The van der Waals surface area contributed by atoms with Crippen molar-refractivity contribution in [3.05, 3.63) is 11.9 Å². The Bertz CT molecular complexity index is 403. The highest BCUT2D eigenvalue weighted by Crippen LogP contribution is 2.39. The normalized spacial score (nSPS) is 28.1. The van der Waals surface area contributed by atoms with E-state index in [9.17, 15) is 4.79 Å². The lowest BCUT2D eigenvalue weighted by molar-refractivity contribution is -0.123. The number of piperazine rings is 1. The van der Waals surface area contributed by atoms with Gasteiger partial charge in [-0.25, -0.2) is 0 Å². The summed E-state index contributed by atoms with van der Waals surface area (Å²) in [6, 6.07) is 0.00911. The van der Waals surface area contributed by atoms with Gasteiger partial charge in [-0.05, 0) is 26.3 Å². The van der Waals surface area contributed by atoms with Crippen LogP contribution in [0.5, 0.6) is 0 Å². The minimum atomic E-state index is 0.00911. The predicted molar refractivity (Wildman–Crippen MR) is 89.3 cm³/mol. The number of carbonyl (C=O) groups excluding carboxylic acids is 1. The molecule has 0 aromatic rings. The molecule has 0 aromatic heterocycles. The molecule has 0 spiro atoms. The second-order valence-electron chi connectivity index (χ2n) is 6.57. The van der Waals surface area contributed by atoms with Crippen LogP contribution in [-0.2, 0) is 4.79 Å². The Morgan fingerprint density at radius 2 is 1.95 bits per heavy atom. The van der Waals surface area contributed by atoms with Crippen molar-refractivity contribution in [1.29, 1.82) is 0 Å². The number of hydrogen-bond donors (Lipinski definition) is 3. The third-order valence-electron chi connectivity index (χ3n) is 4.76. The van der Waals surface area contributed by atoms with Gasteiger partial charge in [-0.3, -0.25) is 4.79 Å². The Morgan fingerprint density at radius 3 is 2.55 bits per heavy atom. The maximum Gasteiger partial charge on any atom is 0.223 e. The number of nitrogens with one attached hydrogen (secondary N) is 3. The molecular weight excluding hydrogens is 278 g/mol. The Balaban J connectivity index is 1.72. The number of likely N-dealkylation sites (N-methyl/N-ethyl adjacent to an activating group) is 2. The third kappa shape index (κ3) is 4.61. The van der Waals surface area contributed by atoms with E-state index in [0.717, 1.165) is 44.8 Å². The number of amides is 1. The number of carbonyl (C=O) groups is 1. The summed E-state index contributed by atoms with van der Waals surface area (Å²) in [6.07, 6.45) is 2.93. The molecule has 0 aromatic carbocycles. The molecule has 3 atom stereocenters. The van der Waals surface area contributed by atoms with Crippen molar-refractivity contribution in [3.63, 3.8) is 0 Å². The van der Waals surface area contributed by atoms with Crippen LogP contribution in [0.4, 0.5) is 0 Å². The molecule has 22 heavy (non-hydrogen) atoms. The average Bonchev–Trinajstić information content (AvgIpc) is 3.26. The Kier molecular flexibility index (Phi) is 6.08. The number of hydrogen-bond acceptors (Lipinski definition) is 5. The monoisotopic (exact) mass is 309 g/mol. The lowest BCUT2D eigenvalue weighted by Crippen LogP contribution is -2.45. The van der Waals surface area contributed by atoms with Crippen LogP contribution in [0, 0.1) is 11.8 Å². The Morgan fingerprint density at radius 1 is 1.27 bits per heavy atom. The molecular formula is C16H31N5O. The third-order valence-corrected chi connectivity index (χ3v) is 4.76. The summed E-state index contributed by atoms with van der Waals surface area (Å²) in [5.41, 5.74) is 0.993. The van der Waals surface area contributed by atoms with Gasteiger partial charge in [0.2, 0.25) is 5.91 Å². The molecule has 1 saturated heterocycles. The highest BCUT2D eigenvalue weighted by Gasteiger charge is 2.44. The van der Waals surface area contributed by atoms with Crippen LogP contribution in [0.2, 0.25) is 0 Å². The Hall–Kier alpha value is -1.27. The van der Waals surface area contributed by atoms with Gasteiger partial charge in [0.05, 0.1) is 6.04 Å². The van der Waals surface area contributed by atoms with E-state index in [2.05, 4.69) is 32.8 Å². The first-order valence-electron chi connectivity index (χ1n) is 8.31. The fourth-order valence-electron chi connectivity index (χ4n) is 3.10. The molecule has 2 aliphatic rings. The first kappa shape index (κ1) is 17.1. The molecule has 0 bridgehead atoms. The predicted octanol–water partition coefficient (Wildman–Crippen LogP) is -0.345. The van der Waals surface area contributed by atoms with Gasteiger partial charge in [0.1, 0.15) is 0 Å². The van der Waals surface area contributed by atoms with Gasteiger partial charge in [-0.2, -0.15) is 0 Å². The smallest absolute Gasteiger partial charge is 0.223 e. The summed E-state index contributed by atoms with van der Waals surface area (Å²) in [4.78, 5) is 17.2. The standard InChI is InChI=1S/C16H31N5O/c1-12(15(18-3)10-17-2)19-16(22)14-9-13(14)11-21-7-5-20(4)6-8-21/h10,12-14,17-18H,5-9,11H2,1-4H3,(H,19,22)/b15-10+/t12?,13-,14+/m1/s1. The summed E-state index contributed by atoms with van der Waals surface area (Å²) in [7, 11) is 5.90. The molecule has 1 saturated carbocycles. The quantitative estimate of drug-likeness (QED) is 0.600. The molecule has 1 aliphatic carbocycles. The second-order valence-corrected chi connectivity index (χ2v) is 6.57. The van der Waals surface area contributed by atoms with E-state index >= 15 is 0 Å². The summed E-state index contributed by atoms with van der Waals surface area (Å²) < 4.78 is 0. The molecule has 126 valence electrons. The van der Waals surface area contributed by atoms with Gasteiger partial charge in [0.15, 0.2) is 0 Å². The van der Waals surface area contributed by atoms with Gasteiger partial charge in [0, 0.05) is 64.6 Å². The topological polar surface area (TPSA) is 59.6 Å². The molecule has 1 unspecified atom stereocenters. The van der Waals surface area contributed by atoms with E-state index in [1.807, 2.05) is 27.2 Å².